The zero-order valence-corrected chi connectivity index (χ0v) is 14.0. The minimum Gasteiger partial charge on any atom is -0.354 e. The molecule has 2 rings (SSSR count). The van der Waals surface area contributed by atoms with Crippen molar-refractivity contribution in [3.8, 4) is 0 Å². The van der Waals surface area contributed by atoms with Gasteiger partial charge in [0.05, 0.1) is 0 Å². The molecule has 0 atom stereocenters. The van der Waals surface area contributed by atoms with Crippen molar-refractivity contribution in [2.24, 2.45) is 5.92 Å². The molecule has 0 amide bonds. The van der Waals surface area contributed by atoms with E-state index in [1.807, 2.05) is 0 Å². The van der Waals surface area contributed by atoms with Gasteiger partial charge in [0.1, 0.15) is 0 Å². The van der Waals surface area contributed by atoms with Crippen LogP contribution in [0.1, 0.15) is 52.9 Å². The highest BCUT2D eigenvalue weighted by molar-refractivity contribution is 6.28. The first-order valence-electron chi connectivity index (χ1n) is 8.02. The zero-order chi connectivity index (χ0) is 15.2. The number of hydrogen-bond donors (Lipinski definition) is 1. The maximum absolute atomic E-state index is 6.09. The second kappa shape index (κ2) is 7.78. The van der Waals surface area contributed by atoms with Crippen molar-refractivity contribution < 1.29 is 0 Å². The van der Waals surface area contributed by atoms with Crippen molar-refractivity contribution in [1.82, 2.24) is 15.0 Å². The first-order chi connectivity index (χ1) is 10.1. The van der Waals surface area contributed by atoms with Crippen LogP contribution in [-0.2, 0) is 0 Å². The molecule has 1 aromatic heterocycles. The van der Waals surface area contributed by atoms with Gasteiger partial charge >= 0.3 is 0 Å². The molecule has 0 spiro atoms. The van der Waals surface area contributed by atoms with Gasteiger partial charge in [0.15, 0.2) is 0 Å². The van der Waals surface area contributed by atoms with Gasteiger partial charge in [-0.25, -0.2) is 0 Å². The second-order valence-electron chi connectivity index (χ2n) is 6.14. The van der Waals surface area contributed by atoms with Crippen LogP contribution in [0.3, 0.4) is 0 Å². The number of halogens is 1. The summed E-state index contributed by atoms with van der Waals surface area (Å²) in [6.45, 7) is 8.36. The van der Waals surface area contributed by atoms with Crippen LogP contribution in [0.25, 0.3) is 0 Å². The van der Waals surface area contributed by atoms with Gasteiger partial charge in [-0.3, -0.25) is 0 Å². The van der Waals surface area contributed by atoms with Gasteiger partial charge in [0.25, 0.3) is 0 Å². The second-order valence-corrected chi connectivity index (χ2v) is 6.48. The van der Waals surface area contributed by atoms with Crippen LogP contribution in [0, 0.1) is 5.92 Å². The lowest BCUT2D eigenvalue weighted by molar-refractivity contribution is 0.525. The van der Waals surface area contributed by atoms with Crippen molar-refractivity contribution in [1.29, 1.82) is 0 Å². The molecule has 1 aromatic rings. The summed E-state index contributed by atoms with van der Waals surface area (Å²) in [5, 5.41) is 3.47. The predicted octanol–water partition coefficient (Wildman–Crippen LogP) is 3.75. The summed E-state index contributed by atoms with van der Waals surface area (Å²) in [5.41, 5.74) is 0. The van der Waals surface area contributed by atoms with Gasteiger partial charge in [-0.15, -0.1) is 0 Å². The molecule has 1 aliphatic carbocycles. The molecular formula is C15H26ClN5. The Labute approximate surface area is 132 Å². The van der Waals surface area contributed by atoms with Gasteiger partial charge in [0.2, 0.25) is 17.2 Å². The predicted molar refractivity (Wildman–Crippen MR) is 88.1 cm³/mol. The summed E-state index contributed by atoms with van der Waals surface area (Å²) in [6, 6.07) is 0.532. The van der Waals surface area contributed by atoms with Gasteiger partial charge in [-0.2, -0.15) is 15.0 Å². The summed E-state index contributed by atoms with van der Waals surface area (Å²) >= 11 is 6.09. The third kappa shape index (κ3) is 4.70. The fourth-order valence-corrected chi connectivity index (χ4v) is 2.94. The zero-order valence-electron chi connectivity index (χ0n) is 13.3. The molecule has 0 radical (unpaired) electrons. The third-order valence-corrected chi connectivity index (χ3v) is 3.88. The molecule has 1 N–H and O–H groups in total. The minimum absolute atomic E-state index is 0.269. The molecule has 1 fully saturated rings. The van der Waals surface area contributed by atoms with E-state index in [0.29, 0.717) is 23.9 Å². The Morgan fingerprint density at radius 1 is 1.24 bits per heavy atom. The molecule has 5 nitrogen and oxygen atoms in total. The lowest BCUT2D eigenvalue weighted by Gasteiger charge is -2.30. The van der Waals surface area contributed by atoms with E-state index in [1.54, 1.807) is 0 Å². The first-order valence-corrected chi connectivity index (χ1v) is 8.40. The highest BCUT2D eigenvalue weighted by Crippen LogP contribution is 2.28. The van der Waals surface area contributed by atoms with E-state index < -0.39 is 0 Å². The van der Waals surface area contributed by atoms with E-state index in [-0.39, 0.29) is 5.28 Å². The number of anilines is 2. The summed E-state index contributed by atoms with van der Waals surface area (Å²) in [4.78, 5) is 15.4. The molecule has 0 aliphatic heterocycles. The van der Waals surface area contributed by atoms with Crippen LogP contribution < -0.4 is 10.2 Å². The van der Waals surface area contributed by atoms with E-state index in [4.69, 9.17) is 11.6 Å². The van der Waals surface area contributed by atoms with Gasteiger partial charge in [-0.1, -0.05) is 33.6 Å². The fourth-order valence-electron chi connectivity index (χ4n) is 2.79. The normalized spacial score (nSPS) is 15.7. The average molecular weight is 312 g/mol. The average Bonchev–Trinajstić information content (AvgIpc) is 2.95. The van der Waals surface area contributed by atoms with Crippen LogP contribution in [-0.4, -0.2) is 34.1 Å². The fraction of sp³-hybridized carbons (Fsp3) is 0.800. The quantitative estimate of drug-likeness (QED) is 0.831. The van der Waals surface area contributed by atoms with Crippen LogP contribution in [0.15, 0.2) is 0 Å². The van der Waals surface area contributed by atoms with Crippen molar-refractivity contribution in [2.45, 2.75) is 58.9 Å². The maximum Gasteiger partial charge on any atom is 0.231 e. The van der Waals surface area contributed by atoms with Gasteiger partial charge in [0, 0.05) is 19.1 Å². The summed E-state index contributed by atoms with van der Waals surface area (Å²) in [7, 11) is 0. The smallest absolute Gasteiger partial charge is 0.231 e. The topological polar surface area (TPSA) is 53.9 Å². The number of aromatic nitrogens is 3. The maximum atomic E-state index is 6.09. The number of hydrogen-bond acceptors (Lipinski definition) is 5. The van der Waals surface area contributed by atoms with Gasteiger partial charge < -0.3 is 10.2 Å². The van der Waals surface area contributed by atoms with Crippen molar-refractivity contribution in [2.75, 3.05) is 23.3 Å². The van der Waals surface area contributed by atoms with Crippen LogP contribution in [0.5, 0.6) is 0 Å². The molecule has 1 saturated carbocycles. The molecule has 0 aromatic carbocycles. The summed E-state index contributed by atoms with van der Waals surface area (Å²) < 4.78 is 0. The SMILES string of the molecule is CCCNc1nc(Cl)nc(N(CC(C)C)C2CCCC2)n1. The van der Waals surface area contributed by atoms with Crippen LogP contribution in [0.2, 0.25) is 5.28 Å². The highest BCUT2D eigenvalue weighted by atomic mass is 35.5. The van der Waals surface area contributed by atoms with Crippen molar-refractivity contribution in [3.05, 3.63) is 5.28 Å². The number of rotatable bonds is 7. The molecule has 1 heterocycles. The Morgan fingerprint density at radius 2 is 1.95 bits per heavy atom. The largest absolute Gasteiger partial charge is 0.354 e. The monoisotopic (exact) mass is 311 g/mol. The highest BCUT2D eigenvalue weighted by Gasteiger charge is 2.26. The molecule has 0 bridgehead atoms. The minimum atomic E-state index is 0.269. The van der Waals surface area contributed by atoms with E-state index in [2.05, 4.69) is 45.9 Å². The Bertz CT molecular complexity index is 446. The Morgan fingerprint density at radius 3 is 2.57 bits per heavy atom. The van der Waals surface area contributed by atoms with Gasteiger partial charge in [-0.05, 0) is 36.8 Å². The van der Waals surface area contributed by atoms with E-state index in [9.17, 15) is 0 Å². The Balaban J connectivity index is 2.22. The Kier molecular flexibility index (Phi) is 6.03. The Hall–Kier alpha value is -1.10. The number of nitrogens with one attached hydrogen (secondary N) is 1. The molecule has 1 aliphatic rings. The van der Waals surface area contributed by atoms with Crippen LogP contribution >= 0.6 is 11.6 Å². The van der Waals surface area contributed by atoms with E-state index >= 15 is 0 Å². The summed E-state index contributed by atoms with van der Waals surface area (Å²) in [5.74, 6) is 1.86. The molecular weight excluding hydrogens is 286 g/mol. The molecule has 118 valence electrons. The molecule has 0 saturated heterocycles. The lowest BCUT2D eigenvalue weighted by Crippen LogP contribution is -2.37. The van der Waals surface area contributed by atoms with E-state index in [0.717, 1.165) is 19.5 Å². The standard InChI is InChI=1S/C15H26ClN5/c1-4-9-17-14-18-13(16)19-15(20-14)21(10-11(2)3)12-7-5-6-8-12/h11-12H,4-10H2,1-3H3,(H,17,18,19,20). The first kappa shape index (κ1) is 16.3. The van der Waals surface area contributed by atoms with Crippen molar-refractivity contribution in [3.63, 3.8) is 0 Å². The van der Waals surface area contributed by atoms with Crippen molar-refractivity contribution >= 4 is 23.5 Å². The third-order valence-electron chi connectivity index (χ3n) is 3.71. The van der Waals surface area contributed by atoms with E-state index in [1.165, 1.54) is 25.7 Å². The molecule has 21 heavy (non-hydrogen) atoms. The molecule has 6 heteroatoms. The molecule has 0 unspecified atom stereocenters. The summed E-state index contributed by atoms with van der Waals surface area (Å²) in [6.07, 6.45) is 6.04. The van der Waals surface area contributed by atoms with Crippen LogP contribution in [0.4, 0.5) is 11.9 Å². The number of nitrogens with zero attached hydrogens (tertiary/aromatic N) is 4. The lowest BCUT2D eigenvalue weighted by atomic mass is 10.1.